The molecule has 0 aliphatic heterocycles. The highest BCUT2D eigenvalue weighted by molar-refractivity contribution is 5.73. The number of carbonyl (C=O) groups excluding carboxylic acids is 1. The third-order valence-electron chi connectivity index (χ3n) is 2.67. The van der Waals surface area contributed by atoms with E-state index in [1.807, 2.05) is 13.1 Å². The van der Waals surface area contributed by atoms with Gasteiger partial charge in [0, 0.05) is 32.0 Å². The third-order valence-corrected chi connectivity index (χ3v) is 2.67. The van der Waals surface area contributed by atoms with Gasteiger partial charge in [-0.3, -0.25) is 4.79 Å². The Bertz CT molecular complexity index is 419. The van der Waals surface area contributed by atoms with Gasteiger partial charge in [-0.2, -0.15) is 0 Å². The van der Waals surface area contributed by atoms with Crippen molar-refractivity contribution < 1.29 is 4.79 Å². The molecule has 0 saturated carbocycles. The van der Waals surface area contributed by atoms with Crippen LogP contribution < -0.4 is 16.4 Å². The number of anilines is 2. The van der Waals surface area contributed by atoms with Gasteiger partial charge in [0.15, 0.2) is 0 Å². The van der Waals surface area contributed by atoms with Gasteiger partial charge in [0.1, 0.15) is 17.5 Å². The number of amides is 1. The normalized spacial score (nSPS) is 10.5. The van der Waals surface area contributed by atoms with Crippen LogP contribution in [0.4, 0.5) is 11.6 Å². The molecule has 4 N–H and O–H groups in total. The molecule has 0 aromatic carbocycles. The summed E-state index contributed by atoms with van der Waals surface area (Å²) in [4.78, 5) is 19.5. The second-order valence-electron chi connectivity index (χ2n) is 4.75. The van der Waals surface area contributed by atoms with Crippen LogP contribution in [-0.4, -0.2) is 29.5 Å². The Morgan fingerprint density at radius 3 is 2.58 bits per heavy atom. The summed E-state index contributed by atoms with van der Waals surface area (Å²) in [7, 11) is 1.84. The minimum absolute atomic E-state index is 0.249. The topological polar surface area (TPSA) is 92.9 Å². The molecule has 1 amide bonds. The summed E-state index contributed by atoms with van der Waals surface area (Å²) in [6, 6.07) is 1.87. The molecule has 0 unspecified atom stereocenters. The van der Waals surface area contributed by atoms with E-state index in [4.69, 9.17) is 5.73 Å². The van der Waals surface area contributed by atoms with Crippen LogP contribution >= 0.6 is 0 Å². The molecule has 6 nitrogen and oxygen atoms in total. The number of aromatic nitrogens is 2. The van der Waals surface area contributed by atoms with Crippen molar-refractivity contribution in [3.05, 3.63) is 11.9 Å². The second kappa shape index (κ2) is 7.56. The first-order valence-electron chi connectivity index (χ1n) is 6.62. The number of primary amides is 1. The van der Waals surface area contributed by atoms with Crippen molar-refractivity contribution in [3.8, 4) is 0 Å². The Morgan fingerprint density at radius 2 is 2.00 bits per heavy atom. The molecular weight excluding hydrogens is 242 g/mol. The predicted molar refractivity (Wildman–Crippen MR) is 77.2 cm³/mol. The summed E-state index contributed by atoms with van der Waals surface area (Å²) in [6.45, 7) is 4.89. The van der Waals surface area contributed by atoms with Crippen LogP contribution in [0.25, 0.3) is 0 Å². The van der Waals surface area contributed by atoms with E-state index in [-0.39, 0.29) is 11.8 Å². The second-order valence-corrected chi connectivity index (χ2v) is 4.75. The molecule has 0 atom stereocenters. The fraction of sp³-hybridized carbons (Fsp3) is 0.615. The van der Waals surface area contributed by atoms with Gasteiger partial charge in [-0.15, -0.1) is 0 Å². The molecular formula is C13H23N5O. The summed E-state index contributed by atoms with van der Waals surface area (Å²) in [5.74, 6) is 2.46. The maximum Gasteiger partial charge on any atom is 0.217 e. The molecule has 19 heavy (non-hydrogen) atoms. The van der Waals surface area contributed by atoms with E-state index in [2.05, 4.69) is 34.4 Å². The highest BCUT2D eigenvalue weighted by Gasteiger charge is 2.07. The SMILES string of the molecule is CNc1cc(NCCCCC(N)=O)nc(C(C)C)n1. The summed E-state index contributed by atoms with van der Waals surface area (Å²) < 4.78 is 0. The Labute approximate surface area is 114 Å². The highest BCUT2D eigenvalue weighted by atomic mass is 16.1. The number of nitrogens with two attached hydrogens (primary N) is 1. The maximum absolute atomic E-state index is 10.6. The first kappa shape index (κ1) is 15.2. The van der Waals surface area contributed by atoms with E-state index >= 15 is 0 Å². The first-order chi connectivity index (χ1) is 9.02. The lowest BCUT2D eigenvalue weighted by atomic mass is 10.2. The molecule has 106 valence electrons. The summed E-state index contributed by atoms with van der Waals surface area (Å²) in [5.41, 5.74) is 5.09. The van der Waals surface area contributed by atoms with E-state index in [1.165, 1.54) is 0 Å². The van der Waals surface area contributed by atoms with Crippen LogP contribution in [-0.2, 0) is 4.79 Å². The quantitative estimate of drug-likeness (QED) is 0.622. The molecule has 1 aromatic rings. The number of unbranched alkanes of at least 4 members (excludes halogenated alkanes) is 1. The molecule has 0 fully saturated rings. The van der Waals surface area contributed by atoms with E-state index < -0.39 is 0 Å². The lowest BCUT2D eigenvalue weighted by Crippen LogP contribution is -2.12. The van der Waals surface area contributed by atoms with Crippen molar-refractivity contribution in [2.45, 2.75) is 39.0 Å². The predicted octanol–water partition coefficient (Wildman–Crippen LogP) is 1.71. The fourth-order valence-corrected chi connectivity index (χ4v) is 1.58. The lowest BCUT2D eigenvalue weighted by Gasteiger charge is -2.11. The molecule has 1 rings (SSSR count). The molecule has 1 heterocycles. The Balaban J connectivity index is 2.52. The van der Waals surface area contributed by atoms with Crippen molar-refractivity contribution in [3.63, 3.8) is 0 Å². The average molecular weight is 265 g/mol. The number of carbonyl (C=O) groups is 1. The number of rotatable bonds is 8. The van der Waals surface area contributed by atoms with E-state index in [0.717, 1.165) is 36.8 Å². The monoisotopic (exact) mass is 265 g/mol. The van der Waals surface area contributed by atoms with Crippen LogP contribution in [0.3, 0.4) is 0 Å². The number of hydrogen-bond donors (Lipinski definition) is 3. The first-order valence-corrected chi connectivity index (χ1v) is 6.62. The molecule has 0 bridgehead atoms. The zero-order valence-electron chi connectivity index (χ0n) is 11.9. The van der Waals surface area contributed by atoms with Gasteiger partial charge >= 0.3 is 0 Å². The smallest absolute Gasteiger partial charge is 0.217 e. The Morgan fingerprint density at radius 1 is 1.32 bits per heavy atom. The van der Waals surface area contributed by atoms with Gasteiger partial charge in [-0.25, -0.2) is 9.97 Å². The minimum atomic E-state index is -0.249. The van der Waals surface area contributed by atoms with Crippen molar-refractivity contribution >= 4 is 17.5 Å². The number of hydrogen-bond acceptors (Lipinski definition) is 5. The van der Waals surface area contributed by atoms with E-state index in [9.17, 15) is 4.79 Å². The summed E-state index contributed by atoms with van der Waals surface area (Å²) in [5, 5.41) is 6.27. The molecule has 0 radical (unpaired) electrons. The zero-order valence-corrected chi connectivity index (χ0v) is 11.9. The third kappa shape index (κ3) is 5.54. The van der Waals surface area contributed by atoms with Crippen LogP contribution in [0.5, 0.6) is 0 Å². The van der Waals surface area contributed by atoms with Crippen LogP contribution in [0.15, 0.2) is 6.07 Å². The van der Waals surface area contributed by atoms with Crippen molar-refractivity contribution in [2.75, 3.05) is 24.2 Å². The number of nitrogens with one attached hydrogen (secondary N) is 2. The van der Waals surface area contributed by atoms with Crippen molar-refractivity contribution in [2.24, 2.45) is 5.73 Å². The maximum atomic E-state index is 10.6. The van der Waals surface area contributed by atoms with E-state index in [0.29, 0.717) is 6.42 Å². The standard InChI is InChI=1S/C13H23N5O/c1-9(2)13-17-11(15-3)8-12(18-13)16-7-5-4-6-10(14)19/h8-9H,4-7H2,1-3H3,(H2,14,19)(H2,15,16,17,18). The van der Waals surface area contributed by atoms with Crippen molar-refractivity contribution in [1.29, 1.82) is 0 Å². The van der Waals surface area contributed by atoms with Gasteiger partial charge in [-0.05, 0) is 12.8 Å². The largest absolute Gasteiger partial charge is 0.373 e. The summed E-state index contributed by atoms with van der Waals surface area (Å²) >= 11 is 0. The zero-order chi connectivity index (χ0) is 14.3. The minimum Gasteiger partial charge on any atom is -0.373 e. The summed E-state index contributed by atoms with van der Waals surface area (Å²) in [6.07, 6.45) is 2.12. The Hall–Kier alpha value is -1.85. The molecule has 1 aromatic heterocycles. The van der Waals surface area contributed by atoms with Gasteiger partial charge < -0.3 is 16.4 Å². The van der Waals surface area contributed by atoms with Gasteiger partial charge in [-0.1, -0.05) is 13.8 Å². The Kier molecular flexibility index (Phi) is 6.05. The van der Waals surface area contributed by atoms with Crippen LogP contribution in [0, 0.1) is 0 Å². The van der Waals surface area contributed by atoms with Crippen LogP contribution in [0.2, 0.25) is 0 Å². The molecule has 0 spiro atoms. The molecule has 0 saturated heterocycles. The van der Waals surface area contributed by atoms with Gasteiger partial charge in [0.2, 0.25) is 5.91 Å². The number of nitrogens with zero attached hydrogens (tertiary/aromatic N) is 2. The molecule has 0 aliphatic carbocycles. The average Bonchev–Trinajstić information content (AvgIpc) is 2.37. The van der Waals surface area contributed by atoms with Gasteiger partial charge in [0.25, 0.3) is 0 Å². The fourth-order valence-electron chi connectivity index (χ4n) is 1.58. The lowest BCUT2D eigenvalue weighted by molar-refractivity contribution is -0.118. The highest BCUT2D eigenvalue weighted by Crippen LogP contribution is 2.16. The van der Waals surface area contributed by atoms with E-state index in [1.54, 1.807) is 0 Å². The molecule has 6 heteroatoms. The molecule has 0 aliphatic rings. The van der Waals surface area contributed by atoms with Crippen LogP contribution in [0.1, 0.15) is 44.9 Å². The van der Waals surface area contributed by atoms with Crippen molar-refractivity contribution in [1.82, 2.24) is 9.97 Å². The van der Waals surface area contributed by atoms with Gasteiger partial charge in [0.05, 0.1) is 0 Å².